The number of rotatable bonds is 3. The number of aryl methyl sites for hydroxylation is 1. The normalized spacial score (nSPS) is 22.2. The fourth-order valence-electron chi connectivity index (χ4n) is 2.94. The molecule has 9 nitrogen and oxygen atoms in total. The summed E-state index contributed by atoms with van der Waals surface area (Å²) in [4.78, 5) is 44.2. The summed E-state index contributed by atoms with van der Waals surface area (Å²) >= 11 is 0. The van der Waals surface area contributed by atoms with Crippen molar-refractivity contribution in [2.24, 2.45) is 0 Å². The first-order chi connectivity index (χ1) is 11.0. The number of carbonyl (C=O) groups is 3. The molecule has 0 bridgehead atoms. The average molecular weight is 321 g/mol. The van der Waals surface area contributed by atoms with Crippen LogP contribution in [-0.2, 0) is 9.59 Å². The Morgan fingerprint density at radius 2 is 2.17 bits per heavy atom. The Balaban J connectivity index is 1.63. The van der Waals surface area contributed by atoms with Gasteiger partial charge in [-0.1, -0.05) is 5.16 Å². The van der Waals surface area contributed by atoms with Crippen molar-refractivity contribution in [2.75, 3.05) is 33.2 Å². The fraction of sp³-hybridized carbons (Fsp3) is 0.643. The highest BCUT2D eigenvalue weighted by Crippen LogP contribution is 2.25. The predicted octanol–water partition coefficient (Wildman–Crippen LogP) is -0.0220. The third-order valence-corrected chi connectivity index (χ3v) is 4.19. The van der Waals surface area contributed by atoms with Gasteiger partial charge in [-0.3, -0.25) is 14.5 Å². The molecule has 0 N–H and O–H groups in total. The highest BCUT2D eigenvalue weighted by atomic mass is 16.5. The number of hydrogen-bond acceptors (Lipinski definition) is 6. The molecule has 1 unspecified atom stereocenters. The molecule has 0 spiro atoms. The van der Waals surface area contributed by atoms with Gasteiger partial charge in [0, 0.05) is 20.1 Å². The van der Waals surface area contributed by atoms with Crippen LogP contribution in [0.2, 0.25) is 0 Å². The second kappa shape index (κ2) is 5.98. The highest BCUT2D eigenvalue weighted by molar-refractivity contribution is 6.04. The van der Waals surface area contributed by atoms with Gasteiger partial charge in [0.05, 0.1) is 5.92 Å². The van der Waals surface area contributed by atoms with Gasteiger partial charge in [0.1, 0.15) is 13.1 Å². The molecule has 1 aromatic heterocycles. The number of urea groups is 1. The number of piperidine rings is 1. The predicted molar refractivity (Wildman–Crippen MR) is 77.3 cm³/mol. The zero-order valence-electron chi connectivity index (χ0n) is 13.2. The number of imide groups is 1. The number of hydrogen-bond donors (Lipinski definition) is 0. The van der Waals surface area contributed by atoms with Crippen LogP contribution in [-0.4, -0.2) is 75.9 Å². The van der Waals surface area contributed by atoms with Crippen molar-refractivity contribution in [1.29, 1.82) is 0 Å². The summed E-state index contributed by atoms with van der Waals surface area (Å²) in [6, 6.07) is -0.426. The van der Waals surface area contributed by atoms with Gasteiger partial charge in [-0.05, 0) is 19.8 Å². The minimum atomic E-state index is -0.426. The van der Waals surface area contributed by atoms with Gasteiger partial charge >= 0.3 is 6.03 Å². The maximum absolute atomic E-state index is 12.4. The van der Waals surface area contributed by atoms with E-state index in [0.29, 0.717) is 24.8 Å². The zero-order valence-corrected chi connectivity index (χ0v) is 13.2. The minimum absolute atomic E-state index is 0.00144. The zero-order chi connectivity index (χ0) is 16.6. The van der Waals surface area contributed by atoms with Crippen LogP contribution in [0.3, 0.4) is 0 Å². The smallest absolute Gasteiger partial charge is 0.327 e. The molecule has 1 atom stereocenters. The van der Waals surface area contributed by atoms with Crippen molar-refractivity contribution in [3.8, 4) is 0 Å². The van der Waals surface area contributed by atoms with E-state index < -0.39 is 6.03 Å². The Kier molecular flexibility index (Phi) is 4.01. The molecular weight excluding hydrogens is 302 g/mol. The van der Waals surface area contributed by atoms with Gasteiger partial charge in [0.15, 0.2) is 5.82 Å². The van der Waals surface area contributed by atoms with Crippen molar-refractivity contribution in [3.05, 3.63) is 11.7 Å². The lowest BCUT2D eigenvalue weighted by molar-refractivity contribution is -0.137. The number of carbonyl (C=O) groups excluding carboxylic acids is 3. The molecule has 0 aliphatic carbocycles. The van der Waals surface area contributed by atoms with Crippen molar-refractivity contribution in [3.63, 3.8) is 0 Å². The SMILES string of the molecule is Cc1noc(C2CCCN(C(=O)CN3C(=O)CN(C)C3=O)C2)n1. The van der Waals surface area contributed by atoms with Crippen molar-refractivity contribution in [2.45, 2.75) is 25.7 Å². The van der Waals surface area contributed by atoms with Gasteiger partial charge in [-0.25, -0.2) is 4.79 Å². The first-order valence-electron chi connectivity index (χ1n) is 7.59. The number of likely N-dealkylation sites (tertiary alicyclic amines) is 1. The van der Waals surface area contributed by atoms with Gasteiger partial charge in [-0.15, -0.1) is 0 Å². The van der Waals surface area contributed by atoms with E-state index in [0.717, 1.165) is 17.7 Å². The van der Waals surface area contributed by atoms with Crippen LogP contribution in [0.5, 0.6) is 0 Å². The van der Waals surface area contributed by atoms with Gasteiger partial charge in [0.25, 0.3) is 5.91 Å². The molecule has 2 fully saturated rings. The summed E-state index contributed by atoms with van der Waals surface area (Å²) in [5, 5.41) is 3.78. The van der Waals surface area contributed by atoms with E-state index in [1.807, 2.05) is 0 Å². The summed E-state index contributed by atoms with van der Waals surface area (Å²) in [6.45, 7) is 2.63. The highest BCUT2D eigenvalue weighted by Gasteiger charge is 2.37. The second-order valence-electron chi connectivity index (χ2n) is 5.98. The van der Waals surface area contributed by atoms with E-state index in [4.69, 9.17) is 4.52 Å². The monoisotopic (exact) mass is 321 g/mol. The first kappa shape index (κ1) is 15.4. The molecule has 124 valence electrons. The van der Waals surface area contributed by atoms with Crippen LogP contribution in [0.1, 0.15) is 30.5 Å². The van der Waals surface area contributed by atoms with E-state index in [9.17, 15) is 14.4 Å². The van der Waals surface area contributed by atoms with Crippen LogP contribution in [0.15, 0.2) is 4.52 Å². The largest absolute Gasteiger partial charge is 0.340 e. The average Bonchev–Trinajstić information content (AvgIpc) is 3.06. The maximum Gasteiger partial charge on any atom is 0.327 e. The van der Waals surface area contributed by atoms with Crippen molar-refractivity contribution < 1.29 is 18.9 Å². The Bertz CT molecular complexity index is 643. The molecule has 4 amide bonds. The number of likely N-dealkylation sites (N-methyl/N-ethyl adjacent to an activating group) is 1. The Morgan fingerprint density at radius 1 is 1.39 bits per heavy atom. The molecule has 0 radical (unpaired) electrons. The molecular formula is C14H19N5O4. The number of aromatic nitrogens is 2. The second-order valence-corrected chi connectivity index (χ2v) is 5.98. The lowest BCUT2D eigenvalue weighted by Crippen LogP contribution is -2.46. The maximum atomic E-state index is 12.4. The van der Waals surface area contributed by atoms with Gasteiger partial charge in [0.2, 0.25) is 11.8 Å². The van der Waals surface area contributed by atoms with E-state index in [-0.39, 0.29) is 30.8 Å². The lowest BCUT2D eigenvalue weighted by Gasteiger charge is -2.31. The Hall–Kier alpha value is -2.45. The Labute approximate surface area is 133 Å². The van der Waals surface area contributed by atoms with Crippen molar-refractivity contribution in [1.82, 2.24) is 24.8 Å². The number of amides is 4. The van der Waals surface area contributed by atoms with E-state index >= 15 is 0 Å². The van der Waals surface area contributed by atoms with Crippen LogP contribution in [0.4, 0.5) is 4.79 Å². The summed E-state index contributed by atoms with van der Waals surface area (Å²) in [5.41, 5.74) is 0. The Morgan fingerprint density at radius 3 is 2.78 bits per heavy atom. The molecule has 2 saturated heterocycles. The lowest BCUT2D eigenvalue weighted by atomic mass is 9.98. The van der Waals surface area contributed by atoms with E-state index in [2.05, 4.69) is 10.1 Å². The van der Waals surface area contributed by atoms with Crippen LogP contribution in [0, 0.1) is 6.92 Å². The molecule has 1 aromatic rings. The summed E-state index contributed by atoms with van der Waals surface area (Å²) in [7, 11) is 1.54. The van der Waals surface area contributed by atoms with Gasteiger partial charge < -0.3 is 14.3 Å². The summed E-state index contributed by atoms with van der Waals surface area (Å²) in [5.74, 6) is 0.532. The number of nitrogens with zero attached hydrogens (tertiary/aromatic N) is 5. The molecule has 0 saturated carbocycles. The molecule has 23 heavy (non-hydrogen) atoms. The molecule has 3 rings (SSSR count). The first-order valence-corrected chi connectivity index (χ1v) is 7.59. The molecule has 3 heterocycles. The fourth-order valence-corrected chi connectivity index (χ4v) is 2.94. The topological polar surface area (TPSA) is 99.9 Å². The van der Waals surface area contributed by atoms with Gasteiger partial charge in [-0.2, -0.15) is 4.98 Å². The molecule has 2 aliphatic heterocycles. The van der Waals surface area contributed by atoms with Crippen LogP contribution < -0.4 is 0 Å². The van der Waals surface area contributed by atoms with E-state index in [1.54, 1.807) is 18.9 Å². The van der Waals surface area contributed by atoms with Crippen molar-refractivity contribution >= 4 is 17.8 Å². The summed E-state index contributed by atoms with van der Waals surface area (Å²) < 4.78 is 5.19. The minimum Gasteiger partial charge on any atom is -0.340 e. The molecule has 9 heteroatoms. The van der Waals surface area contributed by atoms with E-state index in [1.165, 1.54) is 4.90 Å². The molecule has 2 aliphatic rings. The third-order valence-electron chi connectivity index (χ3n) is 4.19. The quantitative estimate of drug-likeness (QED) is 0.725. The molecule has 0 aromatic carbocycles. The van der Waals surface area contributed by atoms with Crippen LogP contribution in [0.25, 0.3) is 0 Å². The van der Waals surface area contributed by atoms with Crippen LogP contribution >= 0.6 is 0 Å². The standard InChI is InChI=1S/C14H19N5O4/c1-9-15-13(23-16-9)10-4-3-5-18(6-10)11(20)8-19-12(21)7-17(2)14(19)22/h10H,3-8H2,1-2H3. The third kappa shape index (κ3) is 3.03. The summed E-state index contributed by atoms with van der Waals surface area (Å²) in [6.07, 6.45) is 1.69.